The molecule has 0 aliphatic carbocycles. The van der Waals surface area contributed by atoms with Crippen LogP contribution in [0, 0.1) is 11.3 Å². The molecule has 0 aliphatic rings. The zero-order valence-corrected chi connectivity index (χ0v) is 44.3. The third-order valence-electron chi connectivity index (χ3n) is 17.2. The van der Waals surface area contributed by atoms with E-state index in [1.807, 2.05) is 78.9 Å². The van der Waals surface area contributed by atoms with Crippen molar-refractivity contribution in [3.8, 4) is 6.07 Å². The summed E-state index contributed by atoms with van der Waals surface area (Å²) >= 11 is 0. The number of nitriles is 1. The highest BCUT2D eigenvalue weighted by Crippen LogP contribution is 2.48. The van der Waals surface area contributed by atoms with E-state index in [1.54, 1.807) is 0 Å². The molecule has 0 radical (unpaired) electrons. The maximum Gasteiger partial charge on any atom is 0.156 e. The Labute approximate surface area is 474 Å². The van der Waals surface area contributed by atoms with Gasteiger partial charge < -0.3 is 36.3 Å². The van der Waals surface area contributed by atoms with E-state index in [0.717, 1.165) is 165 Å². The van der Waals surface area contributed by atoms with E-state index in [-0.39, 0.29) is 0 Å². The zero-order chi connectivity index (χ0) is 54.9. The highest BCUT2D eigenvalue weighted by atomic mass is 16.4. The molecule has 0 saturated carbocycles. The second kappa shape index (κ2) is 16.7. The van der Waals surface area contributed by atoms with Crippen molar-refractivity contribution in [2.75, 3.05) is 9.80 Å². The minimum Gasteiger partial charge on any atom is -0.456 e. The number of furan rings is 6. The van der Waals surface area contributed by atoms with Gasteiger partial charge in [-0.3, -0.25) is 0 Å². The molecule has 0 amide bonds. The van der Waals surface area contributed by atoms with Crippen LogP contribution in [-0.4, -0.2) is 0 Å². The normalized spacial score (nSPS) is 12.3. The molecule has 0 N–H and O–H groups in total. The summed E-state index contributed by atoms with van der Waals surface area (Å²) in [6.45, 7) is 0. The summed E-state index contributed by atoms with van der Waals surface area (Å²) in [5, 5.41) is 26.6. The summed E-state index contributed by atoms with van der Waals surface area (Å²) < 4.78 is 39.0. The number of anilines is 6. The van der Waals surface area contributed by atoms with E-state index < -0.39 is 0 Å². The number of para-hydroxylation sites is 4. The zero-order valence-electron chi connectivity index (χ0n) is 44.3. The first-order valence-corrected chi connectivity index (χ1v) is 27.9. The number of benzene rings is 13. The van der Waals surface area contributed by atoms with E-state index in [2.05, 4.69) is 174 Å². The second-order valence-corrected chi connectivity index (χ2v) is 21.9. The van der Waals surface area contributed by atoms with Crippen molar-refractivity contribution in [3.63, 3.8) is 0 Å². The molecular weight excluding hydrogens is 1040 g/mol. The van der Waals surface area contributed by atoms with Gasteiger partial charge in [0.25, 0.3) is 0 Å². The predicted octanol–water partition coefficient (Wildman–Crippen LogP) is 22.2. The Kier molecular flexibility index (Phi) is 8.94. The number of rotatable bonds is 6. The average Bonchev–Trinajstić information content (AvgIpc) is 2.74. The first kappa shape index (κ1) is 45.0. The van der Waals surface area contributed by atoms with Crippen LogP contribution in [0.25, 0.3) is 153 Å². The van der Waals surface area contributed by atoms with Crippen LogP contribution in [0.15, 0.2) is 263 Å². The van der Waals surface area contributed by atoms with Gasteiger partial charge in [-0.2, -0.15) is 5.26 Å². The molecule has 9 nitrogen and oxygen atoms in total. The van der Waals surface area contributed by atoms with Crippen molar-refractivity contribution in [1.82, 2.24) is 0 Å². The van der Waals surface area contributed by atoms with Gasteiger partial charge in [0.2, 0.25) is 0 Å². The summed E-state index contributed by atoms with van der Waals surface area (Å²) in [5.41, 5.74) is 15.5. The Bertz CT molecular complexity index is 5890. The van der Waals surface area contributed by atoms with Gasteiger partial charge in [-0.1, -0.05) is 84.9 Å². The number of fused-ring (bicyclic) bond motifs is 21. The number of hydrogen-bond donors (Lipinski definition) is 0. The highest BCUT2D eigenvalue weighted by Gasteiger charge is 2.24. The fourth-order valence-corrected chi connectivity index (χ4v) is 13.3. The van der Waals surface area contributed by atoms with Gasteiger partial charge >= 0.3 is 0 Å². The molecule has 0 saturated heterocycles. The quantitative estimate of drug-likeness (QED) is 0.161. The Morgan fingerprint density at radius 2 is 0.571 bits per heavy atom. The van der Waals surface area contributed by atoms with Crippen LogP contribution in [0.4, 0.5) is 34.1 Å². The van der Waals surface area contributed by atoms with Crippen LogP contribution in [0.3, 0.4) is 0 Å². The van der Waals surface area contributed by atoms with Gasteiger partial charge in [0.1, 0.15) is 67.5 Å². The largest absolute Gasteiger partial charge is 0.456 e. The Morgan fingerprint density at radius 1 is 0.238 bits per heavy atom. The number of nitrogens with zero attached hydrogens (tertiary/aromatic N) is 3. The molecule has 6 heterocycles. The van der Waals surface area contributed by atoms with Crippen molar-refractivity contribution in [2.45, 2.75) is 0 Å². The molecule has 0 aliphatic heterocycles. The molecule has 13 aromatic carbocycles. The van der Waals surface area contributed by atoms with Crippen molar-refractivity contribution in [2.24, 2.45) is 0 Å². The highest BCUT2D eigenvalue weighted by molar-refractivity contribution is 6.26. The van der Waals surface area contributed by atoms with Gasteiger partial charge in [-0.25, -0.2) is 0 Å². The molecule has 9 heteroatoms. The first-order valence-electron chi connectivity index (χ1n) is 27.9. The Morgan fingerprint density at radius 3 is 0.988 bits per heavy atom. The lowest BCUT2D eigenvalue weighted by atomic mass is 10.0. The number of hydrogen-bond acceptors (Lipinski definition) is 9. The van der Waals surface area contributed by atoms with Crippen LogP contribution in [-0.2, 0) is 0 Å². The summed E-state index contributed by atoms with van der Waals surface area (Å²) in [6, 6.07) is 84.2. The molecule has 0 atom stereocenters. The maximum atomic E-state index is 10.8. The van der Waals surface area contributed by atoms with E-state index in [4.69, 9.17) is 26.5 Å². The second-order valence-electron chi connectivity index (χ2n) is 21.9. The van der Waals surface area contributed by atoms with Crippen LogP contribution in [0.1, 0.15) is 5.56 Å². The minimum atomic E-state index is 0.437. The van der Waals surface area contributed by atoms with Crippen LogP contribution in [0.5, 0.6) is 0 Å². The molecule has 0 unspecified atom stereocenters. The van der Waals surface area contributed by atoms with Gasteiger partial charge in [-0.05, 0) is 173 Å². The molecular formula is C75H39N3O6. The Hall–Kier alpha value is -11.7. The smallest absolute Gasteiger partial charge is 0.156 e. The molecule has 84 heavy (non-hydrogen) atoms. The summed E-state index contributed by atoms with van der Waals surface area (Å²) in [7, 11) is 0. The summed E-state index contributed by atoms with van der Waals surface area (Å²) in [5.74, 6) is 0. The molecule has 19 rings (SSSR count). The fraction of sp³-hybridized carbons (Fsp3) is 0. The first-order chi connectivity index (χ1) is 41.5. The average molecular weight is 1080 g/mol. The van der Waals surface area contributed by atoms with Crippen molar-refractivity contribution in [3.05, 3.63) is 242 Å². The molecule has 0 spiro atoms. The molecule has 6 aromatic heterocycles. The SMILES string of the molecule is N#Cc1cc2c3cc4ccc(N(c5ccc6oc7ccccc7c6c5)c5ccc6oc7ccccc7c6c5)cc4cc3oc2c2c1oc1cc3cc(N(c4ccc5oc6ccccc6c5c4)c4ccc5oc6ccccc6c5c4)ccc3cc12. The molecule has 390 valence electrons. The monoisotopic (exact) mass is 1080 g/mol. The molecule has 0 bridgehead atoms. The Balaban J connectivity index is 0.760. The van der Waals surface area contributed by atoms with E-state index in [1.165, 1.54) is 0 Å². The summed E-state index contributed by atoms with van der Waals surface area (Å²) in [6.07, 6.45) is 0. The van der Waals surface area contributed by atoms with Crippen LogP contribution in [0.2, 0.25) is 0 Å². The van der Waals surface area contributed by atoms with E-state index >= 15 is 0 Å². The van der Waals surface area contributed by atoms with Gasteiger partial charge in [0.15, 0.2) is 5.58 Å². The molecule has 19 aromatic rings. The lowest BCUT2D eigenvalue weighted by Crippen LogP contribution is -2.09. The van der Waals surface area contributed by atoms with Crippen molar-refractivity contribution >= 4 is 187 Å². The van der Waals surface area contributed by atoms with Crippen LogP contribution >= 0.6 is 0 Å². The summed E-state index contributed by atoms with van der Waals surface area (Å²) in [4.78, 5) is 4.57. The van der Waals surface area contributed by atoms with Crippen molar-refractivity contribution < 1.29 is 26.5 Å². The third kappa shape index (κ3) is 6.47. The van der Waals surface area contributed by atoms with Gasteiger partial charge in [0.05, 0.1) is 10.9 Å². The van der Waals surface area contributed by atoms with Gasteiger partial charge in [-0.15, -0.1) is 0 Å². The lowest BCUT2D eigenvalue weighted by molar-refractivity contribution is 0.662. The topological polar surface area (TPSA) is 109 Å². The predicted molar refractivity (Wildman–Crippen MR) is 339 cm³/mol. The maximum absolute atomic E-state index is 10.8. The van der Waals surface area contributed by atoms with Crippen molar-refractivity contribution in [1.29, 1.82) is 5.26 Å². The van der Waals surface area contributed by atoms with Gasteiger partial charge in [0, 0.05) is 93.4 Å². The minimum absolute atomic E-state index is 0.437. The molecule has 0 fully saturated rings. The van der Waals surface area contributed by atoms with E-state index in [0.29, 0.717) is 27.9 Å². The fourth-order valence-electron chi connectivity index (χ4n) is 13.3. The standard InChI is InChI=1S/C75H39N3O6/c76-40-45-33-61-56-31-41-17-19-46(77(48-21-25-67-57(36-48)52-9-1-5-13-63(52)79-67)49-22-26-68-58(37-49)53-10-2-6-14-64(53)80-68)29-43(41)34-71(56)84-75(61)73-62-32-42-18-20-47(30-44(42)35-72(62)83-74(45)73)78(50-23-27-69-59(38-50)54-11-3-7-15-65(54)81-69)51-24-28-70-60(39-51)55-12-4-8-16-66(55)82-70/h1-39H. The van der Waals surface area contributed by atoms with Crippen LogP contribution < -0.4 is 9.80 Å². The third-order valence-corrected chi connectivity index (χ3v) is 17.2. The van der Waals surface area contributed by atoms with E-state index in [9.17, 15) is 5.26 Å². The lowest BCUT2D eigenvalue weighted by Gasteiger charge is -2.26.